The minimum absolute atomic E-state index is 0.0308. The third kappa shape index (κ3) is 2.55. The molecule has 0 aromatic heterocycles. The molecule has 0 bridgehead atoms. The first kappa shape index (κ1) is 15.6. The number of allylic oxidation sites excluding steroid dienone is 2. The number of aromatic hydroxyl groups is 1. The monoisotopic (exact) mass is 302 g/mol. The molecule has 0 fully saturated rings. The van der Waals surface area contributed by atoms with Crippen molar-refractivity contribution in [2.75, 3.05) is 0 Å². The fourth-order valence-corrected chi connectivity index (χ4v) is 2.70. The van der Waals surface area contributed by atoms with Crippen LogP contribution in [0.4, 0.5) is 0 Å². The average Bonchev–Trinajstić information content (AvgIpc) is 2.39. The van der Waals surface area contributed by atoms with E-state index in [0.29, 0.717) is 11.3 Å². The van der Waals surface area contributed by atoms with Crippen LogP contribution in [-0.2, 0) is 14.3 Å². The molecule has 0 aliphatic carbocycles. The van der Waals surface area contributed by atoms with Crippen molar-refractivity contribution < 1.29 is 19.4 Å². The smallest absolute Gasteiger partial charge is 0.250 e. The quantitative estimate of drug-likeness (QED) is 0.779. The SMILES string of the molecule is CC(=O)C1=C(C)OC(N)=C(C(N)=O)C1c1cc(C)ccc1O. The third-order valence-electron chi connectivity index (χ3n) is 3.62. The molecule has 0 spiro atoms. The molecule has 1 unspecified atom stereocenters. The number of phenolic OH excluding ortho intramolecular Hbond substituents is 1. The molecule has 5 N–H and O–H groups in total. The van der Waals surface area contributed by atoms with Crippen LogP contribution in [0.5, 0.6) is 5.75 Å². The highest BCUT2D eigenvalue weighted by atomic mass is 16.5. The zero-order valence-corrected chi connectivity index (χ0v) is 12.6. The summed E-state index contributed by atoms with van der Waals surface area (Å²) >= 11 is 0. The van der Waals surface area contributed by atoms with Crippen molar-refractivity contribution in [3.63, 3.8) is 0 Å². The van der Waals surface area contributed by atoms with Gasteiger partial charge in [0.2, 0.25) is 0 Å². The number of rotatable bonds is 3. The second kappa shape index (κ2) is 5.55. The predicted molar refractivity (Wildman–Crippen MR) is 80.5 cm³/mol. The first-order chi connectivity index (χ1) is 10.2. The van der Waals surface area contributed by atoms with E-state index in [1.54, 1.807) is 19.1 Å². The van der Waals surface area contributed by atoms with Crippen LogP contribution < -0.4 is 11.5 Å². The number of primary amides is 1. The summed E-state index contributed by atoms with van der Waals surface area (Å²) in [6, 6.07) is 4.92. The van der Waals surface area contributed by atoms with E-state index in [-0.39, 0.29) is 28.6 Å². The van der Waals surface area contributed by atoms with Gasteiger partial charge in [0.15, 0.2) is 11.7 Å². The second-order valence-corrected chi connectivity index (χ2v) is 5.27. The Kier molecular flexibility index (Phi) is 3.95. The summed E-state index contributed by atoms with van der Waals surface area (Å²) in [5.41, 5.74) is 12.7. The number of Topliss-reactive ketones (excluding diaryl/α,β-unsaturated/α-hetero) is 1. The second-order valence-electron chi connectivity index (χ2n) is 5.27. The number of aryl methyl sites for hydroxylation is 1. The molecular formula is C16H18N2O4. The summed E-state index contributed by atoms with van der Waals surface area (Å²) in [4.78, 5) is 23.8. The minimum Gasteiger partial charge on any atom is -0.508 e. The van der Waals surface area contributed by atoms with Crippen molar-refractivity contribution in [2.24, 2.45) is 11.5 Å². The van der Waals surface area contributed by atoms with Crippen LogP contribution >= 0.6 is 0 Å². The van der Waals surface area contributed by atoms with Crippen molar-refractivity contribution in [1.29, 1.82) is 0 Å². The molecule has 1 atom stereocenters. The van der Waals surface area contributed by atoms with Crippen LogP contribution in [0.15, 0.2) is 41.0 Å². The topological polar surface area (TPSA) is 116 Å². The van der Waals surface area contributed by atoms with Crippen molar-refractivity contribution in [1.82, 2.24) is 0 Å². The molecular weight excluding hydrogens is 284 g/mol. The Balaban J connectivity index is 2.78. The van der Waals surface area contributed by atoms with Gasteiger partial charge in [-0.25, -0.2) is 0 Å². The summed E-state index contributed by atoms with van der Waals surface area (Å²) in [6.07, 6.45) is 0. The fraction of sp³-hybridized carbons (Fsp3) is 0.250. The maximum atomic E-state index is 12.0. The fourth-order valence-electron chi connectivity index (χ4n) is 2.70. The number of ether oxygens (including phenoxy) is 1. The van der Waals surface area contributed by atoms with Gasteiger partial charge >= 0.3 is 0 Å². The largest absolute Gasteiger partial charge is 0.508 e. The van der Waals surface area contributed by atoms with Gasteiger partial charge in [0, 0.05) is 11.1 Å². The molecule has 1 aliphatic rings. The number of carbonyl (C=O) groups is 2. The van der Waals surface area contributed by atoms with E-state index < -0.39 is 11.8 Å². The molecule has 1 aromatic rings. The normalized spacial score (nSPS) is 18.2. The van der Waals surface area contributed by atoms with Crippen LogP contribution in [0.3, 0.4) is 0 Å². The summed E-state index contributed by atoms with van der Waals surface area (Å²) in [7, 11) is 0. The van der Waals surface area contributed by atoms with Crippen molar-refractivity contribution in [2.45, 2.75) is 26.7 Å². The van der Waals surface area contributed by atoms with Crippen LogP contribution in [-0.4, -0.2) is 16.8 Å². The molecule has 0 radical (unpaired) electrons. The molecule has 6 heteroatoms. The first-order valence-corrected chi connectivity index (χ1v) is 6.72. The van der Waals surface area contributed by atoms with Gasteiger partial charge in [-0.1, -0.05) is 17.7 Å². The van der Waals surface area contributed by atoms with Gasteiger partial charge in [0.25, 0.3) is 5.91 Å². The van der Waals surface area contributed by atoms with E-state index >= 15 is 0 Å². The number of benzene rings is 1. The lowest BCUT2D eigenvalue weighted by atomic mass is 9.80. The number of phenols is 1. The van der Waals surface area contributed by atoms with E-state index in [9.17, 15) is 14.7 Å². The Morgan fingerprint density at radius 2 is 1.86 bits per heavy atom. The molecule has 1 amide bonds. The molecule has 22 heavy (non-hydrogen) atoms. The van der Waals surface area contributed by atoms with E-state index in [2.05, 4.69) is 0 Å². The third-order valence-corrected chi connectivity index (χ3v) is 3.62. The Labute approximate surface area is 128 Å². The van der Waals surface area contributed by atoms with Gasteiger partial charge in [-0.3, -0.25) is 9.59 Å². The van der Waals surface area contributed by atoms with E-state index in [4.69, 9.17) is 16.2 Å². The van der Waals surface area contributed by atoms with Crippen molar-refractivity contribution in [3.8, 4) is 5.75 Å². The van der Waals surface area contributed by atoms with Crippen molar-refractivity contribution >= 4 is 11.7 Å². The maximum Gasteiger partial charge on any atom is 0.250 e. The van der Waals surface area contributed by atoms with Gasteiger partial charge in [-0.2, -0.15) is 0 Å². The molecule has 1 aliphatic heterocycles. The van der Waals surface area contributed by atoms with Gasteiger partial charge in [0.1, 0.15) is 11.5 Å². The van der Waals surface area contributed by atoms with E-state index in [1.807, 2.05) is 6.92 Å². The van der Waals surface area contributed by atoms with Crippen molar-refractivity contribution in [3.05, 3.63) is 52.1 Å². The van der Waals surface area contributed by atoms with Crippen LogP contribution in [0.25, 0.3) is 0 Å². The number of hydrogen-bond donors (Lipinski definition) is 3. The minimum atomic E-state index is -0.844. The number of ketones is 1. The van der Waals surface area contributed by atoms with Crippen LogP contribution in [0, 0.1) is 6.92 Å². The van der Waals surface area contributed by atoms with Crippen LogP contribution in [0.1, 0.15) is 30.9 Å². The molecule has 6 nitrogen and oxygen atoms in total. The summed E-state index contributed by atoms with van der Waals surface area (Å²) in [5, 5.41) is 10.2. The predicted octanol–water partition coefficient (Wildman–Crippen LogP) is 1.33. The molecule has 1 aromatic carbocycles. The molecule has 0 saturated heterocycles. The number of hydrogen-bond acceptors (Lipinski definition) is 5. The van der Waals surface area contributed by atoms with E-state index in [0.717, 1.165) is 5.56 Å². The average molecular weight is 302 g/mol. The number of nitrogens with two attached hydrogens (primary N) is 2. The van der Waals surface area contributed by atoms with Crippen LogP contribution in [0.2, 0.25) is 0 Å². The Morgan fingerprint density at radius 1 is 1.23 bits per heavy atom. The summed E-state index contributed by atoms with van der Waals surface area (Å²) < 4.78 is 5.29. The highest BCUT2D eigenvalue weighted by Gasteiger charge is 2.37. The molecule has 0 saturated carbocycles. The maximum absolute atomic E-state index is 12.0. The summed E-state index contributed by atoms with van der Waals surface area (Å²) in [5.74, 6) is -1.83. The highest BCUT2D eigenvalue weighted by Crippen LogP contribution is 2.42. The lowest BCUT2D eigenvalue weighted by Gasteiger charge is -2.29. The zero-order valence-electron chi connectivity index (χ0n) is 12.6. The lowest BCUT2D eigenvalue weighted by Crippen LogP contribution is -2.31. The van der Waals surface area contributed by atoms with E-state index in [1.165, 1.54) is 13.0 Å². The zero-order chi connectivity index (χ0) is 16.6. The number of amides is 1. The Hall–Kier alpha value is -2.76. The molecule has 2 rings (SSSR count). The van der Waals surface area contributed by atoms with Gasteiger partial charge in [-0.05, 0) is 26.8 Å². The van der Waals surface area contributed by atoms with Gasteiger partial charge in [0.05, 0.1) is 11.5 Å². The number of carbonyl (C=O) groups excluding carboxylic acids is 2. The highest BCUT2D eigenvalue weighted by molar-refractivity contribution is 6.02. The Morgan fingerprint density at radius 3 is 2.41 bits per heavy atom. The lowest BCUT2D eigenvalue weighted by molar-refractivity contribution is -0.115. The molecule has 1 heterocycles. The first-order valence-electron chi connectivity index (χ1n) is 6.72. The van der Waals surface area contributed by atoms with Gasteiger partial charge < -0.3 is 21.3 Å². The molecule has 116 valence electrons. The van der Waals surface area contributed by atoms with Gasteiger partial charge in [-0.15, -0.1) is 0 Å². The standard InChI is InChI=1S/C16H18N2O4/c1-7-4-5-11(20)10(6-7)13-12(8(2)19)9(3)22-16(18)14(13)15(17)21/h4-6,13,20H,18H2,1-3H3,(H2,17,21). The Bertz CT molecular complexity index is 696. The summed E-state index contributed by atoms with van der Waals surface area (Å²) in [6.45, 7) is 4.78.